The second kappa shape index (κ2) is 4.57. The normalized spacial score (nSPS) is 13.2. The summed E-state index contributed by atoms with van der Waals surface area (Å²) in [5.74, 6) is 0.401. The van der Waals surface area contributed by atoms with Crippen LogP contribution >= 0.6 is 0 Å². The predicted octanol–water partition coefficient (Wildman–Crippen LogP) is 1.23. The van der Waals surface area contributed by atoms with Gasteiger partial charge >= 0.3 is 0 Å². The number of hydrogen-bond donors (Lipinski definition) is 1. The summed E-state index contributed by atoms with van der Waals surface area (Å²) in [5.41, 5.74) is 7.15. The standard InChI is InChI=1S/C11H19N3O/c1-7(2)6-14-11(15)10(9(4)12)5-8(3)13-14/h5,7,9H,6,12H2,1-4H3. The maximum Gasteiger partial charge on any atom is 0.271 e. The quantitative estimate of drug-likeness (QED) is 0.814. The first-order chi connectivity index (χ1) is 6.91. The van der Waals surface area contributed by atoms with E-state index < -0.39 is 0 Å². The molecule has 0 saturated heterocycles. The molecule has 4 nitrogen and oxygen atoms in total. The lowest BCUT2D eigenvalue weighted by atomic mass is 10.1. The number of aryl methyl sites for hydroxylation is 1. The maximum atomic E-state index is 11.9. The van der Waals surface area contributed by atoms with Crippen LogP contribution in [0.2, 0.25) is 0 Å². The van der Waals surface area contributed by atoms with Crippen LogP contribution in [0, 0.1) is 12.8 Å². The molecule has 0 aliphatic carbocycles. The molecule has 2 N–H and O–H groups in total. The third kappa shape index (κ3) is 2.89. The zero-order chi connectivity index (χ0) is 11.6. The van der Waals surface area contributed by atoms with Gasteiger partial charge in [-0.1, -0.05) is 13.8 Å². The van der Waals surface area contributed by atoms with Gasteiger partial charge in [0, 0.05) is 18.2 Å². The van der Waals surface area contributed by atoms with Gasteiger partial charge in [0.25, 0.3) is 5.56 Å². The molecule has 1 aromatic heterocycles. The third-order valence-electron chi connectivity index (χ3n) is 2.15. The molecule has 15 heavy (non-hydrogen) atoms. The van der Waals surface area contributed by atoms with Crippen molar-refractivity contribution >= 4 is 0 Å². The highest BCUT2D eigenvalue weighted by molar-refractivity contribution is 5.15. The smallest absolute Gasteiger partial charge is 0.271 e. The fourth-order valence-electron chi connectivity index (χ4n) is 1.50. The molecule has 0 fully saturated rings. The molecule has 0 spiro atoms. The van der Waals surface area contributed by atoms with Gasteiger partial charge in [-0.3, -0.25) is 4.79 Å². The summed E-state index contributed by atoms with van der Waals surface area (Å²) >= 11 is 0. The van der Waals surface area contributed by atoms with Crippen LogP contribution in [0.15, 0.2) is 10.9 Å². The summed E-state index contributed by atoms with van der Waals surface area (Å²) in [4.78, 5) is 11.9. The van der Waals surface area contributed by atoms with Crippen molar-refractivity contribution in [3.05, 3.63) is 27.7 Å². The molecule has 0 amide bonds. The van der Waals surface area contributed by atoms with Gasteiger partial charge in [-0.05, 0) is 25.8 Å². The molecule has 4 heteroatoms. The van der Waals surface area contributed by atoms with Crippen molar-refractivity contribution in [2.24, 2.45) is 11.7 Å². The van der Waals surface area contributed by atoms with Gasteiger partial charge in [-0.2, -0.15) is 5.10 Å². The monoisotopic (exact) mass is 209 g/mol. The minimum absolute atomic E-state index is 0.0655. The highest BCUT2D eigenvalue weighted by Gasteiger charge is 2.10. The van der Waals surface area contributed by atoms with Crippen molar-refractivity contribution in [2.75, 3.05) is 0 Å². The fraction of sp³-hybridized carbons (Fsp3) is 0.636. The van der Waals surface area contributed by atoms with Gasteiger partial charge < -0.3 is 5.73 Å². The second-order valence-corrected chi connectivity index (χ2v) is 4.41. The number of hydrogen-bond acceptors (Lipinski definition) is 3. The Balaban J connectivity index is 3.23. The van der Waals surface area contributed by atoms with Gasteiger partial charge in [0.05, 0.1) is 5.69 Å². The van der Waals surface area contributed by atoms with E-state index in [2.05, 4.69) is 18.9 Å². The van der Waals surface area contributed by atoms with E-state index in [0.717, 1.165) is 5.69 Å². The first-order valence-electron chi connectivity index (χ1n) is 5.26. The van der Waals surface area contributed by atoms with Crippen LogP contribution < -0.4 is 11.3 Å². The van der Waals surface area contributed by atoms with E-state index in [0.29, 0.717) is 18.0 Å². The van der Waals surface area contributed by atoms with E-state index in [1.807, 2.05) is 13.8 Å². The molecule has 0 aliphatic heterocycles. The summed E-state index contributed by atoms with van der Waals surface area (Å²) in [7, 11) is 0. The Kier molecular flexibility index (Phi) is 3.63. The van der Waals surface area contributed by atoms with Crippen LogP contribution in [0.4, 0.5) is 0 Å². The molecule has 0 bridgehead atoms. The molecule has 1 aromatic rings. The van der Waals surface area contributed by atoms with Gasteiger partial charge in [0.15, 0.2) is 0 Å². The average molecular weight is 209 g/mol. The minimum Gasteiger partial charge on any atom is -0.324 e. The van der Waals surface area contributed by atoms with Gasteiger partial charge in [0.1, 0.15) is 0 Å². The van der Waals surface area contributed by atoms with Gasteiger partial charge in [0.2, 0.25) is 0 Å². The van der Waals surface area contributed by atoms with E-state index in [9.17, 15) is 4.79 Å². The predicted molar refractivity (Wildman–Crippen MR) is 60.7 cm³/mol. The van der Waals surface area contributed by atoms with Crippen LogP contribution in [0.5, 0.6) is 0 Å². The fourth-order valence-corrected chi connectivity index (χ4v) is 1.50. The van der Waals surface area contributed by atoms with E-state index >= 15 is 0 Å². The zero-order valence-corrected chi connectivity index (χ0v) is 9.82. The molecular weight excluding hydrogens is 190 g/mol. The van der Waals surface area contributed by atoms with Crippen molar-refractivity contribution in [2.45, 2.75) is 40.3 Å². The first-order valence-corrected chi connectivity index (χ1v) is 5.26. The largest absolute Gasteiger partial charge is 0.324 e. The number of rotatable bonds is 3. The Morgan fingerprint density at radius 2 is 2.07 bits per heavy atom. The molecule has 1 unspecified atom stereocenters. The van der Waals surface area contributed by atoms with Crippen LogP contribution in [0.1, 0.15) is 38.1 Å². The second-order valence-electron chi connectivity index (χ2n) is 4.41. The van der Waals surface area contributed by atoms with Crippen molar-refractivity contribution in [3.63, 3.8) is 0 Å². The Morgan fingerprint density at radius 3 is 2.53 bits per heavy atom. The molecule has 0 saturated carbocycles. The van der Waals surface area contributed by atoms with Crippen molar-refractivity contribution in [1.82, 2.24) is 9.78 Å². The average Bonchev–Trinajstić information content (AvgIpc) is 2.09. The Labute approximate surface area is 90.1 Å². The minimum atomic E-state index is -0.238. The summed E-state index contributed by atoms with van der Waals surface area (Å²) in [6, 6.07) is 1.53. The molecule has 1 rings (SSSR count). The van der Waals surface area contributed by atoms with Crippen molar-refractivity contribution in [3.8, 4) is 0 Å². The first kappa shape index (κ1) is 11.9. The number of nitrogens with two attached hydrogens (primary N) is 1. The van der Waals surface area contributed by atoms with E-state index in [1.165, 1.54) is 4.68 Å². The third-order valence-corrected chi connectivity index (χ3v) is 2.15. The Hall–Kier alpha value is -1.16. The number of aromatic nitrogens is 2. The summed E-state index contributed by atoms with van der Waals surface area (Å²) in [6.45, 7) is 8.45. The van der Waals surface area contributed by atoms with E-state index in [-0.39, 0.29) is 11.6 Å². The molecule has 1 atom stereocenters. The highest BCUT2D eigenvalue weighted by atomic mass is 16.1. The molecular formula is C11H19N3O. The van der Waals surface area contributed by atoms with Crippen molar-refractivity contribution < 1.29 is 0 Å². The van der Waals surface area contributed by atoms with Gasteiger partial charge in [-0.25, -0.2) is 4.68 Å². The van der Waals surface area contributed by atoms with Crippen LogP contribution in [-0.4, -0.2) is 9.78 Å². The molecule has 1 heterocycles. The van der Waals surface area contributed by atoms with Crippen LogP contribution in [0.25, 0.3) is 0 Å². The lowest BCUT2D eigenvalue weighted by Crippen LogP contribution is -2.31. The lowest BCUT2D eigenvalue weighted by molar-refractivity contribution is 0.455. The van der Waals surface area contributed by atoms with E-state index in [4.69, 9.17) is 5.73 Å². The molecule has 0 aliphatic rings. The summed E-state index contributed by atoms with van der Waals surface area (Å²) in [6.07, 6.45) is 0. The van der Waals surface area contributed by atoms with Crippen LogP contribution in [-0.2, 0) is 6.54 Å². The number of nitrogens with zero attached hydrogens (tertiary/aromatic N) is 2. The Bertz CT molecular complexity index is 393. The maximum absolute atomic E-state index is 11.9. The lowest BCUT2D eigenvalue weighted by Gasteiger charge is -2.12. The van der Waals surface area contributed by atoms with Crippen molar-refractivity contribution in [1.29, 1.82) is 0 Å². The van der Waals surface area contributed by atoms with Gasteiger partial charge in [-0.15, -0.1) is 0 Å². The summed E-state index contributed by atoms with van der Waals surface area (Å²) < 4.78 is 1.51. The Morgan fingerprint density at radius 1 is 1.47 bits per heavy atom. The SMILES string of the molecule is Cc1cc(C(C)N)c(=O)n(CC(C)C)n1. The van der Waals surface area contributed by atoms with E-state index in [1.54, 1.807) is 6.07 Å². The molecule has 0 aromatic carbocycles. The molecule has 0 radical (unpaired) electrons. The highest BCUT2D eigenvalue weighted by Crippen LogP contribution is 2.05. The zero-order valence-electron chi connectivity index (χ0n) is 9.82. The molecule has 84 valence electrons. The summed E-state index contributed by atoms with van der Waals surface area (Å²) in [5, 5.41) is 4.20. The van der Waals surface area contributed by atoms with Crippen LogP contribution in [0.3, 0.4) is 0 Å². The topological polar surface area (TPSA) is 60.9 Å².